The van der Waals surface area contributed by atoms with E-state index < -0.39 is 5.97 Å². The van der Waals surface area contributed by atoms with Gasteiger partial charge in [0.25, 0.3) is 5.91 Å². The van der Waals surface area contributed by atoms with Gasteiger partial charge in [-0.1, -0.05) is 0 Å². The van der Waals surface area contributed by atoms with Crippen molar-refractivity contribution >= 4 is 39.2 Å². The van der Waals surface area contributed by atoms with E-state index in [-0.39, 0.29) is 11.5 Å². The van der Waals surface area contributed by atoms with E-state index >= 15 is 0 Å². The first-order chi connectivity index (χ1) is 9.88. The Hall–Kier alpha value is -2.34. The molecule has 0 aliphatic carbocycles. The van der Waals surface area contributed by atoms with Crippen molar-refractivity contribution in [2.24, 2.45) is 0 Å². The monoisotopic (exact) mass is 348 g/mol. The molecule has 5 nitrogen and oxygen atoms in total. The minimum atomic E-state index is -1.00. The van der Waals surface area contributed by atoms with E-state index in [2.05, 4.69) is 21.2 Å². The third kappa shape index (κ3) is 3.41. The van der Waals surface area contributed by atoms with Gasteiger partial charge < -0.3 is 16.2 Å². The molecule has 1 amide bonds. The maximum Gasteiger partial charge on any atom is 0.335 e. The number of amides is 1. The molecular formula is C15H13BrN2O3. The Morgan fingerprint density at radius 2 is 1.81 bits per heavy atom. The molecule has 0 heterocycles. The second-order valence-corrected chi connectivity index (χ2v) is 5.38. The molecule has 6 heteroatoms. The molecule has 0 bridgehead atoms. The molecule has 21 heavy (non-hydrogen) atoms. The number of carbonyl (C=O) groups is 2. The van der Waals surface area contributed by atoms with Crippen LogP contribution in [0, 0.1) is 6.92 Å². The molecule has 0 saturated heterocycles. The first-order valence-electron chi connectivity index (χ1n) is 6.09. The standard InChI is InChI=1S/C15H13BrN2O3/c1-8-6-10(15(20)21)3-5-13(8)18-14(19)9-2-4-11(16)12(17)7-9/h2-7H,17H2,1H3,(H,18,19)(H,20,21). The molecule has 2 aromatic carbocycles. The second kappa shape index (κ2) is 5.97. The molecule has 0 unspecified atom stereocenters. The molecule has 108 valence electrons. The summed E-state index contributed by atoms with van der Waals surface area (Å²) in [6, 6.07) is 9.44. The highest BCUT2D eigenvalue weighted by Gasteiger charge is 2.11. The van der Waals surface area contributed by atoms with Crippen LogP contribution < -0.4 is 11.1 Å². The number of nitrogens with two attached hydrogens (primary N) is 1. The Kier molecular flexibility index (Phi) is 4.28. The van der Waals surface area contributed by atoms with Gasteiger partial charge in [-0.15, -0.1) is 0 Å². The Morgan fingerprint density at radius 3 is 2.38 bits per heavy atom. The zero-order valence-corrected chi connectivity index (χ0v) is 12.8. The summed E-state index contributed by atoms with van der Waals surface area (Å²) in [6.45, 7) is 1.73. The van der Waals surface area contributed by atoms with E-state index in [1.807, 2.05) is 0 Å². The van der Waals surface area contributed by atoms with Gasteiger partial charge in [-0.05, 0) is 64.8 Å². The van der Waals surface area contributed by atoms with E-state index in [1.54, 1.807) is 31.2 Å². The first kappa shape index (κ1) is 15.1. The minimum Gasteiger partial charge on any atom is -0.478 e. The predicted octanol–water partition coefficient (Wildman–Crippen LogP) is 3.29. The third-order valence-corrected chi connectivity index (χ3v) is 3.70. The number of hydrogen-bond acceptors (Lipinski definition) is 3. The summed E-state index contributed by atoms with van der Waals surface area (Å²) >= 11 is 3.27. The maximum absolute atomic E-state index is 12.2. The van der Waals surface area contributed by atoms with Gasteiger partial charge in [-0.3, -0.25) is 4.79 Å². The molecule has 0 radical (unpaired) electrons. The zero-order valence-electron chi connectivity index (χ0n) is 11.2. The van der Waals surface area contributed by atoms with E-state index in [4.69, 9.17) is 10.8 Å². The number of anilines is 2. The van der Waals surface area contributed by atoms with Gasteiger partial charge >= 0.3 is 5.97 Å². The Labute approximate surface area is 129 Å². The van der Waals surface area contributed by atoms with Crippen LogP contribution >= 0.6 is 15.9 Å². The van der Waals surface area contributed by atoms with E-state index in [0.717, 1.165) is 4.47 Å². The fourth-order valence-corrected chi connectivity index (χ4v) is 2.06. The largest absolute Gasteiger partial charge is 0.478 e. The van der Waals surface area contributed by atoms with Crippen molar-refractivity contribution in [3.63, 3.8) is 0 Å². The van der Waals surface area contributed by atoms with Crippen molar-refractivity contribution in [3.8, 4) is 0 Å². The van der Waals surface area contributed by atoms with Crippen molar-refractivity contribution in [1.82, 2.24) is 0 Å². The zero-order chi connectivity index (χ0) is 15.6. The summed E-state index contributed by atoms with van der Waals surface area (Å²) in [7, 11) is 0. The maximum atomic E-state index is 12.2. The van der Waals surface area contributed by atoms with Gasteiger partial charge in [-0.2, -0.15) is 0 Å². The number of nitrogens with one attached hydrogen (secondary N) is 1. The van der Waals surface area contributed by atoms with Crippen LogP contribution in [0.3, 0.4) is 0 Å². The average Bonchev–Trinajstić information content (AvgIpc) is 2.43. The molecule has 4 N–H and O–H groups in total. The van der Waals surface area contributed by atoms with Crippen LogP contribution in [0.15, 0.2) is 40.9 Å². The van der Waals surface area contributed by atoms with Gasteiger partial charge in [0, 0.05) is 21.4 Å². The molecule has 0 fully saturated rings. The quantitative estimate of drug-likeness (QED) is 0.742. The SMILES string of the molecule is Cc1cc(C(=O)O)ccc1NC(=O)c1ccc(Br)c(N)c1. The van der Waals surface area contributed by atoms with Crippen LogP contribution in [0.5, 0.6) is 0 Å². The van der Waals surface area contributed by atoms with Crippen LogP contribution in [-0.2, 0) is 0 Å². The number of hydrogen-bond donors (Lipinski definition) is 3. The number of carboxylic acids is 1. The topological polar surface area (TPSA) is 92.4 Å². The van der Waals surface area contributed by atoms with Crippen molar-refractivity contribution in [2.45, 2.75) is 6.92 Å². The van der Waals surface area contributed by atoms with Crippen molar-refractivity contribution in [2.75, 3.05) is 11.1 Å². The third-order valence-electron chi connectivity index (χ3n) is 2.98. The summed E-state index contributed by atoms with van der Waals surface area (Å²) in [5.41, 5.74) is 8.06. The highest BCUT2D eigenvalue weighted by molar-refractivity contribution is 9.10. The highest BCUT2D eigenvalue weighted by Crippen LogP contribution is 2.22. The fraction of sp³-hybridized carbons (Fsp3) is 0.0667. The number of benzene rings is 2. The normalized spacial score (nSPS) is 10.2. The Balaban J connectivity index is 2.23. The lowest BCUT2D eigenvalue weighted by atomic mass is 10.1. The Bertz CT molecular complexity index is 729. The fourth-order valence-electron chi connectivity index (χ4n) is 1.82. The lowest BCUT2D eigenvalue weighted by Crippen LogP contribution is -2.13. The smallest absolute Gasteiger partial charge is 0.335 e. The number of rotatable bonds is 3. The average molecular weight is 349 g/mol. The number of carbonyl (C=O) groups excluding carboxylic acids is 1. The first-order valence-corrected chi connectivity index (χ1v) is 6.88. The highest BCUT2D eigenvalue weighted by atomic mass is 79.9. The molecule has 0 aliphatic heterocycles. The number of aryl methyl sites for hydroxylation is 1. The van der Waals surface area contributed by atoms with Gasteiger partial charge in [0.05, 0.1) is 5.56 Å². The molecule has 0 aliphatic rings. The minimum absolute atomic E-state index is 0.179. The predicted molar refractivity (Wildman–Crippen MR) is 84.6 cm³/mol. The molecule has 2 aromatic rings. The summed E-state index contributed by atoms with van der Waals surface area (Å²) in [5.74, 6) is -1.31. The van der Waals surface area contributed by atoms with E-state index in [1.165, 1.54) is 12.1 Å². The summed E-state index contributed by atoms with van der Waals surface area (Å²) < 4.78 is 0.723. The second-order valence-electron chi connectivity index (χ2n) is 4.53. The molecule has 2 rings (SSSR count). The van der Waals surface area contributed by atoms with Crippen molar-refractivity contribution in [3.05, 3.63) is 57.6 Å². The van der Waals surface area contributed by atoms with Crippen LogP contribution in [0.1, 0.15) is 26.3 Å². The Morgan fingerprint density at radius 1 is 1.14 bits per heavy atom. The van der Waals surface area contributed by atoms with Crippen LogP contribution in [0.25, 0.3) is 0 Å². The molecule has 0 saturated carbocycles. The number of nitrogen functional groups attached to an aromatic ring is 1. The van der Waals surface area contributed by atoms with Crippen LogP contribution in [0.2, 0.25) is 0 Å². The summed E-state index contributed by atoms with van der Waals surface area (Å²) in [4.78, 5) is 23.0. The number of halogens is 1. The summed E-state index contributed by atoms with van der Waals surface area (Å²) in [5, 5.41) is 11.6. The lowest BCUT2D eigenvalue weighted by molar-refractivity contribution is 0.0696. The number of aromatic carboxylic acids is 1. The number of carboxylic acid groups (broad SMARTS) is 1. The molecule has 0 aromatic heterocycles. The lowest BCUT2D eigenvalue weighted by Gasteiger charge is -2.10. The van der Waals surface area contributed by atoms with Gasteiger partial charge in [0.1, 0.15) is 0 Å². The molecular weight excluding hydrogens is 336 g/mol. The van der Waals surface area contributed by atoms with Gasteiger partial charge in [-0.25, -0.2) is 4.79 Å². The van der Waals surface area contributed by atoms with E-state index in [9.17, 15) is 9.59 Å². The van der Waals surface area contributed by atoms with Crippen LogP contribution in [0.4, 0.5) is 11.4 Å². The summed E-state index contributed by atoms with van der Waals surface area (Å²) in [6.07, 6.45) is 0. The molecule has 0 spiro atoms. The van der Waals surface area contributed by atoms with Crippen molar-refractivity contribution in [1.29, 1.82) is 0 Å². The van der Waals surface area contributed by atoms with E-state index in [0.29, 0.717) is 22.5 Å². The van der Waals surface area contributed by atoms with Gasteiger partial charge in [0.15, 0.2) is 0 Å². The van der Waals surface area contributed by atoms with Crippen LogP contribution in [-0.4, -0.2) is 17.0 Å². The molecule has 0 atom stereocenters. The van der Waals surface area contributed by atoms with Crippen molar-refractivity contribution < 1.29 is 14.7 Å². The van der Waals surface area contributed by atoms with Gasteiger partial charge in [0.2, 0.25) is 0 Å².